The van der Waals surface area contributed by atoms with Crippen molar-refractivity contribution in [3.8, 4) is 0 Å². The molecule has 190 valence electrons. The van der Waals surface area contributed by atoms with Crippen molar-refractivity contribution in [2.45, 2.75) is 36.2 Å². The summed E-state index contributed by atoms with van der Waals surface area (Å²) in [5.41, 5.74) is -5.16. The van der Waals surface area contributed by atoms with Crippen LogP contribution in [0.2, 0.25) is 0 Å². The van der Waals surface area contributed by atoms with Crippen molar-refractivity contribution in [2.24, 2.45) is 0 Å². The topological polar surface area (TPSA) is 110 Å². The van der Waals surface area contributed by atoms with Crippen LogP contribution in [0.1, 0.15) is 41.7 Å². The number of ether oxygens (including phenoxy) is 1. The second-order valence-electron chi connectivity index (χ2n) is 7.43. The van der Waals surface area contributed by atoms with Crippen molar-refractivity contribution in [3.63, 3.8) is 0 Å². The average molecular weight is 515 g/mol. The third kappa shape index (κ3) is 6.81. The zero-order valence-electron chi connectivity index (χ0n) is 19.0. The number of esters is 1. The van der Waals surface area contributed by atoms with E-state index in [-0.39, 0.29) is 17.7 Å². The second-order valence-corrected chi connectivity index (χ2v) is 9.37. The van der Waals surface area contributed by atoms with Crippen LogP contribution in [0, 0.1) is 0 Å². The summed E-state index contributed by atoms with van der Waals surface area (Å²) in [6.45, 7) is 1.48. The number of benzene rings is 2. The van der Waals surface area contributed by atoms with Crippen molar-refractivity contribution in [1.82, 2.24) is 10.2 Å². The lowest BCUT2D eigenvalue weighted by Gasteiger charge is -2.31. The number of halogens is 3. The van der Waals surface area contributed by atoms with E-state index < -0.39 is 50.6 Å². The fourth-order valence-corrected chi connectivity index (χ4v) is 3.95. The molecule has 2 aromatic rings. The summed E-state index contributed by atoms with van der Waals surface area (Å²) in [7, 11) is -4.48. The molecule has 35 heavy (non-hydrogen) atoms. The van der Waals surface area contributed by atoms with Crippen LogP contribution < -0.4 is 5.32 Å². The van der Waals surface area contributed by atoms with Gasteiger partial charge in [0.1, 0.15) is 12.6 Å². The van der Waals surface area contributed by atoms with E-state index in [2.05, 4.69) is 10.1 Å². The van der Waals surface area contributed by atoms with Gasteiger partial charge in [0.15, 0.2) is 0 Å². The minimum absolute atomic E-state index is 0.0638. The van der Waals surface area contributed by atoms with Crippen LogP contribution >= 0.6 is 0 Å². The number of hydrogen-bond donors (Lipinski definition) is 1. The van der Waals surface area contributed by atoms with Gasteiger partial charge in [0.2, 0.25) is 5.91 Å². The third-order valence-electron chi connectivity index (χ3n) is 5.04. The van der Waals surface area contributed by atoms with E-state index in [4.69, 9.17) is 0 Å². The SMILES string of the molecule is CCCCN(C(=O)c1ccccc1)C(C(=O)NCC(=O)OC)c1ccc(S(=O)(=O)C(F)(F)F)cc1. The van der Waals surface area contributed by atoms with Crippen LogP contribution in [0.25, 0.3) is 0 Å². The van der Waals surface area contributed by atoms with E-state index in [9.17, 15) is 36.0 Å². The van der Waals surface area contributed by atoms with Gasteiger partial charge in [-0.25, -0.2) is 8.42 Å². The molecule has 0 fully saturated rings. The molecule has 1 N–H and O–H groups in total. The van der Waals surface area contributed by atoms with Crippen molar-refractivity contribution in [3.05, 3.63) is 65.7 Å². The van der Waals surface area contributed by atoms with E-state index in [1.54, 1.807) is 30.3 Å². The zero-order valence-corrected chi connectivity index (χ0v) is 19.9. The van der Waals surface area contributed by atoms with Crippen LogP contribution in [-0.2, 0) is 24.2 Å². The summed E-state index contributed by atoms with van der Waals surface area (Å²) in [5.74, 6) is -2.07. The van der Waals surface area contributed by atoms with Crippen molar-refractivity contribution >= 4 is 27.6 Å². The largest absolute Gasteiger partial charge is 0.501 e. The number of nitrogens with zero attached hydrogens (tertiary/aromatic N) is 1. The highest BCUT2D eigenvalue weighted by atomic mass is 32.2. The fourth-order valence-electron chi connectivity index (χ4n) is 3.19. The van der Waals surface area contributed by atoms with E-state index in [0.29, 0.717) is 12.8 Å². The molecule has 2 amide bonds. The normalized spacial score (nSPS) is 12.5. The first-order chi connectivity index (χ1) is 16.4. The highest BCUT2D eigenvalue weighted by Crippen LogP contribution is 2.32. The minimum atomic E-state index is -5.60. The highest BCUT2D eigenvalue weighted by Gasteiger charge is 2.47. The molecule has 12 heteroatoms. The standard InChI is InChI=1S/C23H25F3N2O6S/c1-3-4-14-28(22(31)17-8-6-5-7-9-17)20(21(30)27-15-19(29)34-2)16-10-12-18(13-11-16)35(32,33)23(24,25)26/h5-13,20H,3-4,14-15H2,1-2H3,(H,27,30). The van der Waals surface area contributed by atoms with E-state index in [0.717, 1.165) is 31.4 Å². The zero-order chi connectivity index (χ0) is 26.2. The van der Waals surface area contributed by atoms with Crippen molar-refractivity contribution in [2.75, 3.05) is 20.2 Å². The van der Waals surface area contributed by atoms with Crippen LogP contribution in [0.15, 0.2) is 59.5 Å². The summed E-state index contributed by atoms with van der Waals surface area (Å²) in [6, 6.07) is 10.2. The van der Waals surface area contributed by atoms with Gasteiger partial charge < -0.3 is 15.0 Å². The van der Waals surface area contributed by atoms with Gasteiger partial charge in [0, 0.05) is 12.1 Å². The van der Waals surface area contributed by atoms with Crippen LogP contribution in [0.3, 0.4) is 0 Å². The molecule has 0 heterocycles. The molecule has 0 bridgehead atoms. The van der Waals surface area contributed by atoms with E-state index in [1.807, 2.05) is 6.92 Å². The summed E-state index contributed by atoms with van der Waals surface area (Å²) >= 11 is 0. The van der Waals surface area contributed by atoms with Gasteiger partial charge in [-0.05, 0) is 36.2 Å². The lowest BCUT2D eigenvalue weighted by Crippen LogP contribution is -2.45. The molecular weight excluding hydrogens is 489 g/mol. The molecule has 1 unspecified atom stereocenters. The first-order valence-electron chi connectivity index (χ1n) is 10.6. The van der Waals surface area contributed by atoms with Gasteiger partial charge in [-0.3, -0.25) is 14.4 Å². The monoisotopic (exact) mass is 514 g/mol. The Hall–Kier alpha value is -3.41. The lowest BCUT2D eigenvalue weighted by atomic mass is 10.0. The Labute approximate surface area is 201 Å². The number of methoxy groups -OCH3 is 1. The number of hydrogen-bond acceptors (Lipinski definition) is 6. The third-order valence-corrected chi connectivity index (χ3v) is 6.54. The Kier molecular flexibility index (Phi) is 9.40. The Bertz CT molecular complexity index is 1140. The summed E-state index contributed by atoms with van der Waals surface area (Å²) in [6.07, 6.45) is 1.16. The molecule has 0 aromatic heterocycles. The molecular formula is C23H25F3N2O6S. The molecule has 1 atom stereocenters. The summed E-state index contributed by atoms with van der Waals surface area (Å²) in [5, 5.41) is 2.36. The Balaban J connectivity index is 2.55. The van der Waals surface area contributed by atoms with Gasteiger partial charge in [-0.2, -0.15) is 13.2 Å². The molecule has 0 aliphatic carbocycles. The maximum atomic E-state index is 13.3. The fraction of sp³-hybridized carbons (Fsp3) is 0.348. The Morgan fingerprint density at radius 3 is 2.14 bits per heavy atom. The Morgan fingerprint density at radius 2 is 1.63 bits per heavy atom. The van der Waals surface area contributed by atoms with Gasteiger partial charge in [-0.1, -0.05) is 43.7 Å². The van der Waals surface area contributed by atoms with Crippen LogP contribution in [0.4, 0.5) is 13.2 Å². The maximum absolute atomic E-state index is 13.3. The van der Waals surface area contributed by atoms with Gasteiger partial charge in [0.05, 0.1) is 12.0 Å². The molecule has 2 rings (SSSR count). The molecule has 0 radical (unpaired) electrons. The number of unbranched alkanes of at least 4 members (excludes halogenated alkanes) is 1. The highest BCUT2D eigenvalue weighted by molar-refractivity contribution is 7.92. The summed E-state index contributed by atoms with van der Waals surface area (Å²) < 4.78 is 66.7. The molecule has 0 aliphatic heterocycles. The molecule has 0 saturated heterocycles. The number of carbonyl (C=O) groups is 3. The average Bonchev–Trinajstić information content (AvgIpc) is 2.84. The van der Waals surface area contributed by atoms with E-state index in [1.165, 1.54) is 4.90 Å². The minimum Gasteiger partial charge on any atom is -0.468 e. The van der Waals surface area contributed by atoms with Crippen molar-refractivity contribution < 1.29 is 40.7 Å². The quantitative estimate of drug-likeness (QED) is 0.488. The smallest absolute Gasteiger partial charge is 0.468 e. The molecule has 0 aliphatic rings. The van der Waals surface area contributed by atoms with Gasteiger partial charge in [-0.15, -0.1) is 0 Å². The molecule has 0 spiro atoms. The van der Waals surface area contributed by atoms with Crippen molar-refractivity contribution in [1.29, 1.82) is 0 Å². The van der Waals surface area contributed by atoms with Crippen LogP contribution in [-0.4, -0.2) is 56.8 Å². The lowest BCUT2D eigenvalue weighted by molar-refractivity contribution is -0.141. The molecule has 2 aromatic carbocycles. The predicted octanol–water partition coefficient (Wildman–Crippen LogP) is 3.25. The number of carbonyl (C=O) groups excluding carboxylic acids is 3. The second kappa shape index (κ2) is 11.8. The molecule has 0 saturated carbocycles. The first-order valence-corrected chi connectivity index (χ1v) is 12.0. The predicted molar refractivity (Wildman–Crippen MR) is 120 cm³/mol. The number of sulfone groups is 1. The Morgan fingerprint density at radius 1 is 1.03 bits per heavy atom. The number of rotatable bonds is 10. The molecule has 8 nitrogen and oxygen atoms in total. The van der Waals surface area contributed by atoms with Crippen LogP contribution in [0.5, 0.6) is 0 Å². The van der Waals surface area contributed by atoms with Gasteiger partial charge >= 0.3 is 11.5 Å². The number of nitrogens with one attached hydrogen (secondary N) is 1. The van der Waals surface area contributed by atoms with E-state index >= 15 is 0 Å². The first kappa shape index (κ1) is 27.8. The summed E-state index contributed by atoms with van der Waals surface area (Å²) in [4.78, 5) is 38.2. The maximum Gasteiger partial charge on any atom is 0.501 e. The number of alkyl halides is 3. The van der Waals surface area contributed by atoms with Gasteiger partial charge in [0.25, 0.3) is 15.7 Å². The number of amides is 2.